The molecule has 0 spiro atoms. The van der Waals surface area contributed by atoms with Crippen LogP contribution in [0.4, 0.5) is 5.69 Å². The number of carbonyl (C=O) groups excluding carboxylic acids is 1. The quantitative estimate of drug-likeness (QED) is 0.750. The van der Waals surface area contributed by atoms with Gasteiger partial charge in [-0.15, -0.1) is 0 Å². The van der Waals surface area contributed by atoms with Crippen molar-refractivity contribution in [2.24, 2.45) is 0 Å². The Hall–Kier alpha value is -3.39. The van der Waals surface area contributed by atoms with Crippen molar-refractivity contribution in [2.75, 3.05) is 5.32 Å². The van der Waals surface area contributed by atoms with Crippen LogP contribution in [0, 0.1) is 11.3 Å². The molecule has 0 unspecified atom stereocenters. The predicted molar refractivity (Wildman–Crippen MR) is 82.8 cm³/mol. The van der Waals surface area contributed by atoms with Crippen molar-refractivity contribution in [3.8, 4) is 6.07 Å². The van der Waals surface area contributed by atoms with E-state index in [4.69, 9.17) is 9.68 Å². The van der Waals surface area contributed by atoms with Crippen LogP contribution in [0.5, 0.6) is 0 Å². The summed E-state index contributed by atoms with van der Waals surface area (Å²) in [5, 5.41) is 11.5. The van der Waals surface area contributed by atoms with E-state index in [1.807, 2.05) is 30.3 Å². The lowest BCUT2D eigenvalue weighted by Crippen LogP contribution is -2.07. The highest BCUT2D eigenvalue weighted by atomic mass is 16.3. The zero-order valence-corrected chi connectivity index (χ0v) is 11.5. The molecule has 5 nitrogen and oxygen atoms in total. The van der Waals surface area contributed by atoms with Gasteiger partial charge in [0.15, 0.2) is 5.58 Å². The van der Waals surface area contributed by atoms with E-state index in [1.54, 1.807) is 24.3 Å². The number of anilines is 1. The summed E-state index contributed by atoms with van der Waals surface area (Å²) in [6.07, 6.45) is 2.84. The van der Waals surface area contributed by atoms with Crippen molar-refractivity contribution in [3.05, 3.63) is 66.1 Å². The summed E-state index contributed by atoms with van der Waals surface area (Å²) in [6, 6.07) is 16.1. The smallest absolute Gasteiger partial charge is 0.248 e. The molecule has 3 rings (SSSR count). The minimum absolute atomic E-state index is 0.322. The fourth-order valence-electron chi connectivity index (χ4n) is 1.96. The van der Waals surface area contributed by atoms with Gasteiger partial charge in [-0.2, -0.15) is 5.26 Å². The molecule has 5 heteroatoms. The minimum Gasteiger partial charge on any atom is -0.437 e. The third kappa shape index (κ3) is 3.02. The fraction of sp³-hybridized carbons (Fsp3) is 0. The summed E-state index contributed by atoms with van der Waals surface area (Å²) in [4.78, 5) is 16.1. The van der Waals surface area contributed by atoms with Gasteiger partial charge in [0.1, 0.15) is 5.52 Å². The number of carbonyl (C=O) groups is 1. The van der Waals surface area contributed by atoms with Gasteiger partial charge in [-0.25, -0.2) is 4.98 Å². The molecule has 0 fully saturated rings. The number of nitrogens with one attached hydrogen (secondary N) is 1. The van der Waals surface area contributed by atoms with E-state index >= 15 is 0 Å². The highest BCUT2D eigenvalue weighted by Gasteiger charge is 2.03. The number of nitriles is 1. The van der Waals surface area contributed by atoms with Crippen LogP contribution in [-0.4, -0.2) is 10.9 Å². The molecule has 0 aliphatic carbocycles. The first-order chi connectivity index (χ1) is 10.7. The van der Waals surface area contributed by atoms with E-state index in [2.05, 4.69) is 10.3 Å². The predicted octanol–water partition coefficient (Wildman–Crippen LogP) is 3.35. The van der Waals surface area contributed by atoms with Crippen LogP contribution >= 0.6 is 0 Å². The number of nitrogens with zero attached hydrogens (tertiary/aromatic N) is 2. The zero-order valence-electron chi connectivity index (χ0n) is 11.5. The highest BCUT2D eigenvalue weighted by Crippen LogP contribution is 2.15. The SMILES string of the molecule is N#Cc1cccc(NC(=O)/C=C/c2nc3ccccc3o2)c1. The van der Waals surface area contributed by atoms with E-state index in [1.165, 1.54) is 12.2 Å². The summed E-state index contributed by atoms with van der Waals surface area (Å²) >= 11 is 0. The minimum atomic E-state index is -0.322. The molecule has 0 bridgehead atoms. The number of aromatic nitrogens is 1. The Balaban J connectivity index is 1.71. The van der Waals surface area contributed by atoms with Crippen LogP contribution in [0.3, 0.4) is 0 Å². The Morgan fingerprint density at radius 3 is 2.91 bits per heavy atom. The first-order valence-electron chi connectivity index (χ1n) is 6.59. The van der Waals surface area contributed by atoms with Gasteiger partial charge in [-0.3, -0.25) is 4.79 Å². The van der Waals surface area contributed by atoms with Crippen molar-refractivity contribution in [2.45, 2.75) is 0 Å². The van der Waals surface area contributed by atoms with E-state index in [0.717, 1.165) is 5.52 Å². The summed E-state index contributed by atoms with van der Waals surface area (Å²) < 4.78 is 5.48. The molecule has 0 aliphatic heterocycles. The van der Waals surface area contributed by atoms with Crippen LogP contribution in [0.1, 0.15) is 11.5 Å². The number of hydrogen-bond acceptors (Lipinski definition) is 4. The average molecular weight is 289 g/mol. The van der Waals surface area contributed by atoms with Gasteiger partial charge in [0, 0.05) is 17.8 Å². The first kappa shape index (κ1) is 13.6. The molecule has 22 heavy (non-hydrogen) atoms. The van der Waals surface area contributed by atoms with Crippen LogP contribution in [0.15, 0.2) is 59.0 Å². The molecular weight excluding hydrogens is 278 g/mol. The van der Waals surface area contributed by atoms with Gasteiger partial charge >= 0.3 is 0 Å². The maximum Gasteiger partial charge on any atom is 0.248 e. The Labute approximate surface area is 126 Å². The standard InChI is InChI=1S/C17H11N3O2/c18-11-12-4-3-5-13(10-12)19-16(21)8-9-17-20-14-6-1-2-7-15(14)22-17/h1-10H,(H,19,21)/b9-8+. The van der Waals surface area contributed by atoms with Crippen molar-refractivity contribution in [1.29, 1.82) is 5.26 Å². The van der Waals surface area contributed by atoms with Crippen molar-refractivity contribution in [3.63, 3.8) is 0 Å². The van der Waals surface area contributed by atoms with Crippen molar-refractivity contribution in [1.82, 2.24) is 4.98 Å². The molecule has 2 aromatic carbocycles. The molecule has 0 saturated heterocycles. The van der Waals surface area contributed by atoms with E-state index in [-0.39, 0.29) is 5.91 Å². The third-order valence-electron chi connectivity index (χ3n) is 2.95. The van der Waals surface area contributed by atoms with Crippen LogP contribution < -0.4 is 5.32 Å². The molecule has 106 valence electrons. The van der Waals surface area contributed by atoms with Crippen LogP contribution in [-0.2, 0) is 4.79 Å². The topological polar surface area (TPSA) is 78.9 Å². The summed E-state index contributed by atoms with van der Waals surface area (Å²) in [5.74, 6) is 0.0412. The molecular formula is C17H11N3O2. The van der Waals surface area contributed by atoms with Gasteiger partial charge in [0.25, 0.3) is 0 Å². The Bertz CT molecular complexity index is 870. The lowest BCUT2D eigenvalue weighted by molar-refractivity contribution is -0.111. The molecule has 0 radical (unpaired) electrons. The van der Waals surface area contributed by atoms with Crippen LogP contribution in [0.2, 0.25) is 0 Å². The van der Waals surface area contributed by atoms with Gasteiger partial charge in [0.2, 0.25) is 11.8 Å². The molecule has 0 atom stereocenters. The second-order valence-corrected chi connectivity index (χ2v) is 4.54. The number of benzene rings is 2. The van der Waals surface area contributed by atoms with Gasteiger partial charge in [-0.05, 0) is 30.3 Å². The van der Waals surface area contributed by atoms with E-state index in [0.29, 0.717) is 22.7 Å². The Morgan fingerprint density at radius 1 is 1.23 bits per heavy atom. The van der Waals surface area contributed by atoms with Gasteiger partial charge < -0.3 is 9.73 Å². The number of para-hydroxylation sites is 2. The number of rotatable bonds is 3. The van der Waals surface area contributed by atoms with Gasteiger partial charge in [0.05, 0.1) is 11.6 Å². The second kappa shape index (κ2) is 5.94. The number of amides is 1. The second-order valence-electron chi connectivity index (χ2n) is 4.54. The molecule has 0 aliphatic rings. The molecule has 0 saturated carbocycles. The van der Waals surface area contributed by atoms with Gasteiger partial charge in [-0.1, -0.05) is 18.2 Å². The molecule has 3 aromatic rings. The fourth-order valence-corrected chi connectivity index (χ4v) is 1.96. The number of hydrogen-bond donors (Lipinski definition) is 1. The summed E-state index contributed by atoms with van der Waals surface area (Å²) in [5.41, 5.74) is 2.46. The maximum absolute atomic E-state index is 11.9. The lowest BCUT2D eigenvalue weighted by Gasteiger charge is -2.01. The average Bonchev–Trinajstić information content (AvgIpc) is 2.96. The molecule has 1 aromatic heterocycles. The largest absolute Gasteiger partial charge is 0.437 e. The van der Waals surface area contributed by atoms with E-state index in [9.17, 15) is 4.79 Å². The van der Waals surface area contributed by atoms with Crippen molar-refractivity contribution < 1.29 is 9.21 Å². The normalized spacial score (nSPS) is 10.7. The molecule has 1 N–H and O–H groups in total. The zero-order chi connectivity index (χ0) is 15.4. The van der Waals surface area contributed by atoms with Crippen LogP contribution in [0.25, 0.3) is 17.2 Å². The Kier molecular flexibility index (Phi) is 3.67. The number of oxazole rings is 1. The maximum atomic E-state index is 11.9. The van der Waals surface area contributed by atoms with E-state index < -0.39 is 0 Å². The summed E-state index contributed by atoms with van der Waals surface area (Å²) in [6.45, 7) is 0. The first-order valence-corrected chi connectivity index (χ1v) is 6.59. The molecule has 1 heterocycles. The molecule has 1 amide bonds. The monoisotopic (exact) mass is 289 g/mol. The lowest BCUT2D eigenvalue weighted by atomic mass is 10.2. The third-order valence-corrected chi connectivity index (χ3v) is 2.95. The highest BCUT2D eigenvalue weighted by molar-refractivity contribution is 6.01. The van der Waals surface area contributed by atoms with Crippen molar-refractivity contribution >= 4 is 28.8 Å². The Morgan fingerprint density at radius 2 is 2.09 bits per heavy atom. The summed E-state index contributed by atoms with van der Waals surface area (Å²) in [7, 11) is 0. The number of fused-ring (bicyclic) bond motifs is 1.